The summed E-state index contributed by atoms with van der Waals surface area (Å²) < 4.78 is 0.678. The van der Waals surface area contributed by atoms with E-state index in [4.69, 9.17) is 0 Å². The van der Waals surface area contributed by atoms with Crippen LogP contribution in [0.5, 0.6) is 0 Å². The molecule has 0 saturated heterocycles. The van der Waals surface area contributed by atoms with Gasteiger partial charge in [-0.3, -0.25) is 0 Å². The van der Waals surface area contributed by atoms with E-state index in [0.29, 0.717) is 3.63 Å². The third-order valence-corrected chi connectivity index (χ3v) is 13.4. The molecular weight excluding hydrogens is 511 g/mol. The van der Waals surface area contributed by atoms with E-state index in [1.807, 2.05) is 11.3 Å². The molecule has 0 spiro atoms. The molecule has 0 nitrogen and oxygen atoms in total. The summed E-state index contributed by atoms with van der Waals surface area (Å²) in [5.74, 6) is 0. The predicted octanol–water partition coefficient (Wildman–Crippen LogP) is 1.27. The SMILES string of the molecule is CC1=C2c3cscc3C1[Si]2(C)C.CC1=Cc2c(ccc3ccccc23)[CH]1[Zr+2].[Cl-].[Cl-]. The van der Waals surface area contributed by atoms with Crippen LogP contribution >= 0.6 is 11.3 Å². The molecule has 3 heterocycles. The molecule has 0 fully saturated rings. The second-order valence-electron chi connectivity index (χ2n) is 8.56. The zero-order chi connectivity index (χ0) is 18.9. The molecule has 0 N–H and O–H groups in total. The van der Waals surface area contributed by atoms with E-state index in [0.717, 1.165) is 5.54 Å². The zero-order valence-corrected chi connectivity index (χ0v) is 22.8. The number of rotatable bonds is 0. The van der Waals surface area contributed by atoms with E-state index in [1.54, 1.807) is 46.6 Å². The van der Waals surface area contributed by atoms with Gasteiger partial charge >= 0.3 is 105 Å². The van der Waals surface area contributed by atoms with Gasteiger partial charge in [-0.1, -0.05) is 23.9 Å². The first-order chi connectivity index (χ1) is 12.9. The largest absolute Gasteiger partial charge is 1.00 e. The fourth-order valence-corrected chi connectivity index (χ4v) is 11.7. The maximum atomic E-state index is 2.50. The summed E-state index contributed by atoms with van der Waals surface area (Å²) in [6.45, 7) is 9.58. The van der Waals surface area contributed by atoms with E-state index in [1.165, 1.54) is 27.5 Å². The standard InChI is InChI=1S/C14H11.C10H12SSi.2ClH.Zr/c1-10-8-12-7-6-11-4-2-3-5-13(11)14(12)9-10;1-6-9-7-4-11-5-8(7)10(6)12(9,2)3;;;/h2-9H,1H3;4-5,9H,1-3H3;2*1H;/q;;;;+2/p-2. The monoisotopic (exact) mass is 531 g/mol. The number of thiophene rings is 1. The van der Waals surface area contributed by atoms with E-state index in [9.17, 15) is 0 Å². The molecule has 5 heteroatoms. The minimum atomic E-state index is -0.976. The molecule has 2 aliphatic heterocycles. The molecular formula is C24H23Cl2SSiZr. The van der Waals surface area contributed by atoms with Crippen molar-refractivity contribution in [2.75, 3.05) is 0 Å². The molecule has 2 unspecified atom stereocenters. The van der Waals surface area contributed by atoms with Gasteiger partial charge in [-0.2, -0.15) is 11.3 Å². The zero-order valence-electron chi connectivity index (χ0n) is 17.0. The predicted molar refractivity (Wildman–Crippen MR) is 117 cm³/mol. The Kier molecular flexibility index (Phi) is 6.60. The van der Waals surface area contributed by atoms with Gasteiger partial charge in [0.1, 0.15) is 0 Å². The van der Waals surface area contributed by atoms with Crippen molar-refractivity contribution in [2.24, 2.45) is 0 Å². The fourth-order valence-electron chi connectivity index (χ4n) is 5.46. The average Bonchev–Trinajstić information content (AvgIpc) is 3.33. The van der Waals surface area contributed by atoms with Crippen LogP contribution in [0.2, 0.25) is 13.1 Å². The van der Waals surface area contributed by atoms with Crippen LogP contribution in [0.3, 0.4) is 0 Å². The third kappa shape index (κ3) is 3.33. The van der Waals surface area contributed by atoms with Crippen LogP contribution in [0, 0.1) is 0 Å². The van der Waals surface area contributed by atoms with Gasteiger partial charge in [0.15, 0.2) is 0 Å². The van der Waals surface area contributed by atoms with Crippen molar-refractivity contribution >= 4 is 41.5 Å². The normalized spacial score (nSPS) is 21.8. The molecule has 0 amide bonds. The van der Waals surface area contributed by atoms with E-state index < -0.39 is 8.07 Å². The van der Waals surface area contributed by atoms with Gasteiger partial charge in [0.05, 0.1) is 8.07 Å². The van der Waals surface area contributed by atoms with Gasteiger partial charge in [-0.05, 0) is 28.8 Å². The van der Waals surface area contributed by atoms with Crippen molar-refractivity contribution in [1.29, 1.82) is 0 Å². The Morgan fingerprint density at radius 3 is 2.34 bits per heavy atom. The molecule has 7 rings (SSSR count). The summed E-state index contributed by atoms with van der Waals surface area (Å²) in [4.78, 5) is 0. The average molecular weight is 534 g/mol. The molecule has 2 atom stereocenters. The minimum Gasteiger partial charge on any atom is -1.00 e. The maximum Gasteiger partial charge on any atom is -1.00 e. The van der Waals surface area contributed by atoms with Crippen LogP contribution in [-0.2, 0) is 24.7 Å². The number of hydrogen-bond donors (Lipinski definition) is 0. The summed E-state index contributed by atoms with van der Waals surface area (Å²) in [7, 11) is -0.976. The van der Waals surface area contributed by atoms with Crippen molar-refractivity contribution in [3.8, 4) is 0 Å². The van der Waals surface area contributed by atoms with Crippen LogP contribution in [-0.4, -0.2) is 8.07 Å². The molecule has 2 aliphatic carbocycles. The molecule has 0 radical (unpaired) electrons. The maximum absolute atomic E-state index is 2.50. The first-order valence-corrected chi connectivity index (χ1v) is 15.0. The van der Waals surface area contributed by atoms with Gasteiger partial charge in [-0.25, -0.2) is 0 Å². The molecule has 147 valence electrons. The van der Waals surface area contributed by atoms with E-state index >= 15 is 0 Å². The van der Waals surface area contributed by atoms with Crippen LogP contribution in [0.1, 0.15) is 45.3 Å². The Labute approximate surface area is 206 Å². The molecule has 0 saturated carbocycles. The van der Waals surface area contributed by atoms with Gasteiger partial charge in [0.25, 0.3) is 0 Å². The van der Waals surface area contributed by atoms with Crippen LogP contribution in [0.15, 0.2) is 58.3 Å². The van der Waals surface area contributed by atoms with Gasteiger partial charge in [0.2, 0.25) is 0 Å². The molecule has 3 aromatic rings. The van der Waals surface area contributed by atoms with Crippen LogP contribution in [0.25, 0.3) is 22.0 Å². The topological polar surface area (TPSA) is 0 Å². The van der Waals surface area contributed by atoms with Crippen molar-refractivity contribution in [3.63, 3.8) is 0 Å². The number of fused-ring (bicyclic) bond motifs is 3. The Morgan fingerprint density at radius 1 is 0.931 bits per heavy atom. The minimum absolute atomic E-state index is 0. The molecule has 2 aromatic carbocycles. The van der Waals surface area contributed by atoms with Gasteiger partial charge in [-0.15, -0.1) is 0 Å². The number of benzene rings is 2. The number of hydrogen-bond acceptors (Lipinski definition) is 1. The van der Waals surface area contributed by atoms with Gasteiger partial charge < -0.3 is 24.8 Å². The fraction of sp³-hybridized carbons (Fsp3) is 0.250. The van der Waals surface area contributed by atoms with Gasteiger partial charge in [0, 0.05) is 5.54 Å². The Hall–Kier alpha value is -0.440. The second kappa shape index (κ2) is 8.24. The molecule has 2 bridgehead atoms. The Balaban J connectivity index is 0.000000158. The van der Waals surface area contributed by atoms with Crippen molar-refractivity contribution in [2.45, 2.75) is 36.1 Å². The first-order valence-electron chi connectivity index (χ1n) is 9.60. The van der Waals surface area contributed by atoms with Crippen molar-refractivity contribution in [1.82, 2.24) is 0 Å². The Bertz CT molecular complexity index is 1160. The molecule has 1 aromatic heterocycles. The second-order valence-corrected chi connectivity index (χ2v) is 15.2. The van der Waals surface area contributed by atoms with Crippen LogP contribution < -0.4 is 24.8 Å². The Morgan fingerprint density at radius 2 is 1.66 bits per heavy atom. The quantitative estimate of drug-likeness (QED) is 0.382. The summed E-state index contributed by atoms with van der Waals surface area (Å²) in [6.07, 6.45) is 2.36. The number of allylic oxidation sites excluding steroid dienone is 2. The van der Waals surface area contributed by atoms with Crippen molar-refractivity contribution < 1.29 is 49.5 Å². The first kappa shape index (κ1) is 23.2. The van der Waals surface area contributed by atoms with Crippen molar-refractivity contribution in [3.05, 3.63) is 80.6 Å². The van der Waals surface area contributed by atoms with E-state index in [-0.39, 0.29) is 24.8 Å². The van der Waals surface area contributed by atoms with E-state index in [2.05, 4.69) is 80.2 Å². The summed E-state index contributed by atoms with van der Waals surface area (Å²) in [5, 5.41) is 9.22. The third-order valence-electron chi connectivity index (χ3n) is 6.61. The number of halogens is 2. The molecule has 4 aliphatic rings. The summed E-state index contributed by atoms with van der Waals surface area (Å²) in [5.41, 5.74) is 10.3. The summed E-state index contributed by atoms with van der Waals surface area (Å²) >= 11 is 3.46. The van der Waals surface area contributed by atoms with Crippen LogP contribution in [0.4, 0.5) is 0 Å². The molecule has 29 heavy (non-hydrogen) atoms. The smallest absolute Gasteiger partial charge is 1.00 e. The summed E-state index contributed by atoms with van der Waals surface area (Å²) in [6, 6.07) is 13.2.